The number of ether oxygens (including phenoxy) is 1. The molecule has 1 aliphatic rings. The Balaban J connectivity index is 1.37. The number of benzene rings is 2. The molecule has 34 heavy (non-hydrogen) atoms. The first-order chi connectivity index (χ1) is 16.4. The number of anilines is 1. The minimum atomic E-state index is -3.72. The van der Waals surface area contributed by atoms with E-state index in [0.717, 1.165) is 10.5 Å². The van der Waals surface area contributed by atoms with Crippen LogP contribution in [0, 0.1) is 5.92 Å². The van der Waals surface area contributed by atoms with E-state index in [1.807, 2.05) is 30.5 Å². The lowest BCUT2D eigenvalue weighted by atomic mass is 9.99. The Hall–Kier alpha value is -2.89. The van der Waals surface area contributed by atoms with E-state index in [0.29, 0.717) is 37.4 Å². The molecule has 1 aliphatic heterocycles. The number of aromatic nitrogens is 2. The smallest absolute Gasteiger partial charge is 0.322 e. The molecule has 2 heterocycles. The minimum Gasteiger partial charge on any atom is -0.497 e. The predicted octanol–water partition coefficient (Wildman–Crippen LogP) is 3.43. The fourth-order valence-electron chi connectivity index (χ4n) is 3.77. The van der Waals surface area contributed by atoms with Gasteiger partial charge in [-0.25, -0.2) is 8.42 Å². The summed E-state index contributed by atoms with van der Waals surface area (Å²) >= 11 is 1.66. The SMILES string of the molecule is COc1ccc(S(=O)(=O)N2CCCC(C(=O)Nc3nnc(Cc4ccc(SC)cc4)o3)C2)cc1. The number of carbonyl (C=O) groups is 1. The molecule has 1 saturated heterocycles. The van der Waals surface area contributed by atoms with Crippen LogP contribution in [-0.4, -0.2) is 55.3 Å². The van der Waals surface area contributed by atoms with Gasteiger partial charge < -0.3 is 9.15 Å². The second-order valence-corrected chi connectivity index (χ2v) is 10.7. The van der Waals surface area contributed by atoms with Gasteiger partial charge in [-0.15, -0.1) is 16.9 Å². The lowest BCUT2D eigenvalue weighted by Gasteiger charge is -2.30. The first-order valence-electron chi connectivity index (χ1n) is 10.8. The summed E-state index contributed by atoms with van der Waals surface area (Å²) in [6.07, 6.45) is 3.62. The molecule has 0 bridgehead atoms. The van der Waals surface area contributed by atoms with E-state index in [1.165, 1.54) is 23.5 Å². The molecule has 9 nitrogen and oxygen atoms in total. The maximum Gasteiger partial charge on any atom is 0.322 e. The molecule has 1 amide bonds. The lowest BCUT2D eigenvalue weighted by molar-refractivity contribution is -0.121. The van der Waals surface area contributed by atoms with Crippen LogP contribution in [0.3, 0.4) is 0 Å². The number of nitrogens with zero attached hydrogens (tertiary/aromatic N) is 3. The summed E-state index contributed by atoms with van der Waals surface area (Å²) in [4.78, 5) is 14.2. The summed E-state index contributed by atoms with van der Waals surface area (Å²) in [5.74, 6) is 0.107. The summed E-state index contributed by atoms with van der Waals surface area (Å²) in [5.41, 5.74) is 1.02. The van der Waals surface area contributed by atoms with Gasteiger partial charge >= 0.3 is 6.01 Å². The van der Waals surface area contributed by atoms with Crippen LogP contribution in [0.2, 0.25) is 0 Å². The molecular formula is C23H26N4O5S2. The number of carbonyl (C=O) groups excluding carboxylic acids is 1. The number of rotatable bonds is 8. The number of methoxy groups -OCH3 is 1. The van der Waals surface area contributed by atoms with Crippen LogP contribution in [0.15, 0.2) is 62.7 Å². The summed E-state index contributed by atoms with van der Waals surface area (Å²) in [7, 11) is -2.20. The average molecular weight is 503 g/mol. The van der Waals surface area contributed by atoms with Crippen LogP contribution in [0.25, 0.3) is 0 Å². The predicted molar refractivity (Wildman–Crippen MR) is 128 cm³/mol. The number of amides is 1. The van der Waals surface area contributed by atoms with Crippen LogP contribution in [0.5, 0.6) is 5.75 Å². The fraction of sp³-hybridized carbons (Fsp3) is 0.348. The molecule has 1 fully saturated rings. The van der Waals surface area contributed by atoms with Gasteiger partial charge in [-0.05, 0) is 61.1 Å². The lowest BCUT2D eigenvalue weighted by Crippen LogP contribution is -2.43. The van der Waals surface area contributed by atoms with Crippen molar-refractivity contribution >= 4 is 33.7 Å². The Morgan fingerprint density at radius 2 is 1.91 bits per heavy atom. The zero-order valence-electron chi connectivity index (χ0n) is 18.9. The van der Waals surface area contributed by atoms with Gasteiger partial charge in [-0.1, -0.05) is 17.2 Å². The topological polar surface area (TPSA) is 115 Å². The van der Waals surface area contributed by atoms with Gasteiger partial charge in [-0.3, -0.25) is 10.1 Å². The number of hydrogen-bond donors (Lipinski definition) is 1. The normalized spacial score (nSPS) is 16.8. The third-order valence-corrected chi connectivity index (χ3v) is 8.29. The van der Waals surface area contributed by atoms with Gasteiger partial charge in [0.25, 0.3) is 0 Å². The zero-order chi connectivity index (χ0) is 24.1. The van der Waals surface area contributed by atoms with Gasteiger partial charge in [0, 0.05) is 18.0 Å². The van der Waals surface area contributed by atoms with Crippen LogP contribution >= 0.6 is 11.8 Å². The summed E-state index contributed by atoms with van der Waals surface area (Å²) in [6.45, 7) is 0.446. The molecule has 2 aromatic carbocycles. The number of sulfonamides is 1. The molecule has 3 aromatic rings. The molecule has 11 heteroatoms. The van der Waals surface area contributed by atoms with Crippen molar-refractivity contribution in [2.75, 3.05) is 31.8 Å². The molecule has 0 aliphatic carbocycles. The fourth-order valence-corrected chi connectivity index (χ4v) is 5.70. The Bertz CT molecular complexity index is 1230. The molecule has 180 valence electrons. The monoisotopic (exact) mass is 502 g/mol. The summed E-state index contributed by atoms with van der Waals surface area (Å²) < 4.78 is 38.1. The van der Waals surface area contributed by atoms with Crippen LogP contribution < -0.4 is 10.1 Å². The number of hydrogen-bond acceptors (Lipinski definition) is 8. The number of thioether (sulfide) groups is 1. The minimum absolute atomic E-state index is 0.0101. The largest absolute Gasteiger partial charge is 0.497 e. The molecule has 1 N–H and O–H groups in total. The van der Waals surface area contributed by atoms with Gasteiger partial charge in [0.15, 0.2) is 0 Å². The second-order valence-electron chi connectivity index (χ2n) is 7.89. The van der Waals surface area contributed by atoms with Crippen molar-refractivity contribution in [2.24, 2.45) is 5.92 Å². The van der Waals surface area contributed by atoms with Crippen LogP contribution in [0.4, 0.5) is 6.01 Å². The molecule has 0 radical (unpaired) electrons. The highest BCUT2D eigenvalue weighted by molar-refractivity contribution is 7.98. The molecule has 0 spiro atoms. The van der Waals surface area contributed by atoms with E-state index in [9.17, 15) is 13.2 Å². The average Bonchev–Trinajstić information content (AvgIpc) is 3.31. The summed E-state index contributed by atoms with van der Waals surface area (Å²) in [6, 6.07) is 14.3. The third kappa shape index (κ3) is 5.60. The molecular weight excluding hydrogens is 476 g/mol. The van der Waals surface area contributed by atoms with Crippen molar-refractivity contribution in [3.63, 3.8) is 0 Å². The van der Waals surface area contributed by atoms with Crippen LogP contribution in [0.1, 0.15) is 24.3 Å². The Labute approximate surface area is 202 Å². The molecule has 1 atom stereocenters. The van der Waals surface area contributed by atoms with Crippen molar-refractivity contribution in [2.45, 2.75) is 29.1 Å². The first kappa shape index (κ1) is 24.2. The van der Waals surface area contributed by atoms with Gasteiger partial charge in [0.05, 0.1) is 24.3 Å². The van der Waals surface area contributed by atoms with Crippen LogP contribution in [-0.2, 0) is 21.2 Å². The molecule has 1 unspecified atom stereocenters. The van der Waals surface area contributed by atoms with Crippen molar-refractivity contribution in [3.05, 3.63) is 60.0 Å². The Kier molecular flexibility index (Phi) is 7.54. The van der Waals surface area contributed by atoms with Gasteiger partial charge in [0.2, 0.25) is 21.8 Å². The maximum atomic E-state index is 13.0. The highest BCUT2D eigenvalue weighted by atomic mass is 32.2. The summed E-state index contributed by atoms with van der Waals surface area (Å²) in [5, 5.41) is 10.6. The highest BCUT2D eigenvalue weighted by Gasteiger charge is 2.33. The standard InChI is InChI=1S/C23H26N4O5S2/c1-31-18-7-11-20(12-8-18)34(29,30)27-13-3-4-17(15-27)22(28)24-23-26-25-21(32-23)14-16-5-9-19(33-2)10-6-16/h5-12,17H,3-4,13-15H2,1-2H3,(H,24,26,28). The second kappa shape index (κ2) is 10.6. The number of nitrogens with one attached hydrogen (secondary N) is 1. The van der Waals surface area contributed by atoms with Crippen molar-refractivity contribution in [3.8, 4) is 5.75 Å². The van der Waals surface area contributed by atoms with Crippen molar-refractivity contribution in [1.29, 1.82) is 0 Å². The first-order valence-corrected chi connectivity index (χ1v) is 13.5. The Morgan fingerprint density at radius 1 is 1.18 bits per heavy atom. The highest BCUT2D eigenvalue weighted by Crippen LogP contribution is 2.26. The maximum absolute atomic E-state index is 13.0. The van der Waals surface area contributed by atoms with Crippen molar-refractivity contribution < 1.29 is 22.4 Å². The van der Waals surface area contributed by atoms with E-state index in [-0.39, 0.29) is 23.4 Å². The molecule has 4 rings (SSSR count). The van der Waals surface area contributed by atoms with E-state index in [1.54, 1.807) is 23.9 Å². The number of piperidine rings is 1. The Morgan fingerprint density at radius 3 is 2.59 bits per heavy atom. The van der Waals surface area contributed by atoms with E-state index in [4.69, 9.17) is 9.15 Å². The van der Waals surface area contributed by atoms with E-state index >= 15 is 0 Å². The van der Waals surface area contributed by atoms with E-state index < -0.39 is 15.9 Å². The van der Waals surface area contributed by atoms with Gasteiger partial charge in [-0.2, -0.15) is 4.31 Å². The van der Waals surface area contributed by atoms with Crippen molar-refractivity contribution in [1.82, 2.24) is 14.5 Å². The quantitative estimate of drug-likeness (QED) is 0.466. The molecule has 0 saturated carbocycles. The zero-order valence-corrected chi connectivity index (χ0v) is 20.6. The van der Waals surface area contributed by atoms with E-state index in [2.05, 4.69) is 15.5 Å². The van der Waals surface area contributed by atoms with Gasteiger partial charge in [0.1, 0.15) is 5.75 Å². The third-order valence-electron chi connectivity index (χ3n) is 5.66. The molecule has 1 aromatic heterocycles.